The third kappa shape index (κ3) is 2.88. The monoisotopic (exact) mass is 272 g/mol. The van der Waals surface area contributed by atoms with Crippen LogP contribution in [0.4, 0.5) is 0 Å². The second-order valence-electron chi connectivity index (χ2n) is 5.37. The van der Waals surface area contributed by atoms with Crippen LogP contribution in [0.3, 0.4) is 0 Å². The topological polar surface area (TPSA) is 63.8 Å². The summed E-state index contributed by atoms with van der Waals surface area (Å²) < 4.78 is 5.49. The quantitative estimate of drug-likeness (QED) is 0.925. The molecule has 0 aromatic carbocycles. The number of nitrogens with zero attached hydrogens (tertiary/aromatic N) is 3. The Morgan fingerprint density at radius 1 is 1.35 bits per heavy atom. The van der Waals surface area contributed by atoms with E-state index in [0.29, 0.717) is 18.4 Å². The molecule has 20 heavy (non-hydrogen) atoms. The number of rotatable bonds is 4. The molecular weight excluding hydrogens is 252 g/mol. The lowest BCUT2D eigenvalue weighted by Gasteiger charge is -2.28. The number of pyridine rings is 1. The van der Waals surface area contributed by atoms with Gasteiger partial charge in [-0.3, -0.25) is 4.98 Å². The molecule has 2 aromatic rings. The van der Waals surface area contributed by atoms with Gasteiger partial charge in [0.15, 0.2) is 5.82 Å². The Bertz CT molecular complexity index is 540. The van der Waals surface area contributed by atoms with Crippen LogP contribution in [0.5, 0.6) is 0 Å². The van der Waals surface area contributed by atoms with Crippen molar-refractivity contribution in [2.24, 2.45) is 0 Å². The Hall–Kier alpha value is -1.75. The Kier molecular flexibility index (Phi) is 4.06. The summed E-state index contributed by atoms with van der Waals surface area (Å²) in [6, 6.07) is 4.41. The molecule has 5 nitrogen and oxygen atoms in total. The summed E-state index contributed by atoms with van der Waals surface area (Å²) in [4.78, 5) is 8.69. The van der Waals surface area contributed by atoms with Crippen molar-refractivity contribution < 1.29 is 4.52 Å². The molecule has 1 saturated carbocycles. The second-order valence-corrected chi connectivity index (χ2v) is 5.37. The molecule has 1 N–H and O–H groups in total. The Labute approximate surface area is 118 Å². The van der Waals surface area contributed by atoms with E-state index < -0.39 is 0 Å². The standard InChI is InChI=1S/C15H20N4O/c1-16-13-7-3-2-6-12(13)15-18-14(19-20-15)9-11-5-4-8-17-10-11/h4-5,8,10,12-13,16H,2-3,6-7,9H2,1H3. The molecule has 2 heterocycles. The average molecular weight is 272 g/mol. The molecule has 0 spiro atoms. The van der Waals surface area contributed by atoms with Crippen LogP contribution in [0, 0.1) is 0 Å². The van der Waals surface area contributed by atoms with Crippen molar-refractivity contribution in [3.05, 3.63) is 41.8 Å². The van der Waals surface area contributed by atoms with Crippen LogP contribution in [0.25, 0.3) is 0 Å². The highest BCUT2D eigenvalue weighted by molar-refractivity contribution is 5.14. The van der Waals surface area contributed by atoms with Crippen LogP contribution < -0.4 is 5.32 Å². The summed E-state index contributed by atoms with van der Waals surface area (Å²) in [5.41, 5.74) is 1.11. The van der Waals surface area contributed by atoms with Crippen LogP contribution in [0.2, 0.25) is 0 Å². The molecule has 0 saturated heterocycles. The van der Waals surface area contributed by atoms with Crippen molar-refractivity contribution in [1.29, 1.82) is 0 Å². The van der Waals surface area contributed by atoms with Crippen molar-refractivity contribution in [2.45, 2.75) is 44.1 Å². The van der Waals surface area contributed by atoms with E-state index in [1.165, 1.54) is 19.3 Å². The molecule has 2 unspecified atom stereocenters. The minimum atomic E-state index is 0.351. The molecular formula is C15H20N4O. The van der Waals surface area contributed by atoms with Gasteiger partial charge in [0.2, 0.25) is 5.89 Å². The van der Waals surface area contributed by atoms with Crippen molar-refractivity contribution in [2.75, 3.05) is 7.05 Å². The van der Waals surface area contributed by atoms with Crippen LogP contribution in [0.15, 0.2) is 29.0 Å². The third-order valence-electron chi connectivity index (χ3n) is 4.02. The zero-order chi connectivity index (χ0) is 13.8. The lowest BCUT2D eigenvalue weighted by atomic mass is 9.84. The summed E-state index contributed by atoms with van der Waals surface area (Å²) >= 11 is 0. The Morgan fingerprint density at radius 3 is 3.05 bits per heavy atom. The van der Waals surface area contributed by atoms with E-state index in [-0.39, 0.29) is 0 Å². The lowest BCUT2D eigenvalue weighted by Crippen LogP contribution is -2.34. The molecule has 2 atom stereocenters. The largest absolute Gasteiger partial charge is 0.339 e. The molecule has 5 heteroatoms. The number of likely N-dealkylation sites (N-methyl/N-ethyl adjacent to an activating group) is 1. The van der Waals surface area contributed by atoms with E-state index in [0.717, 1.165) is 23.7 Å². The molecule has 0 radical (unpaired) electrons. The molecule has 2 aromatic heterocycles. The van der Waals surface area contributed by atoms with Gasteiger partial charge in [-0.05, 0) is 31.5 Å². The maximum Gasteiger partial charge on any atom is 0.231 e. The maximum absolute atomic E-state index is 5.49. The van der Waals surface area contributed by atoms with Crippen LogP contribution >= 0.6 is 0 Å². The minimum Gasteiger partial charge on any atom is -0.339 e. The fourth-order valence-corrected chi connectivity index (χ4v) is 2.95. The van der Waals surface area contributed by atoms with Gasteiger partial charge in [0.25, 0.3) is 0 Å². The molecule has 0 amide bonds. The Morgan fingerprint density at radius 2 is 2.25 bits per heavy atom. The highest BCUT2D eigenvalue weighted by Crippen LogP contribution is 2.32. The van der Waals surface area contributed by atoms with Gasteiger partial charge in [0.1, 0.15) is 0 Å². The molecule has 106 valence electrons. The molecule has 0 aliphatic heterocycles. The molecule has 1 aliphatic carbocycles. The normalized spacial score (nSPS) is 22.9. The highest BCUT2D eigenvalue weighted by atomic mass is 16.5. The zero-order valence-electron chi connectivity index (χ0n) is 11.7. The predicted molar refractivity (Wildman–Crippen MR) is 75.4 cm³/mol. The van der Waals surface area contributed by atoms with Crippen molar-refractivity contribution >= 4 is 0 Å². The molecule has 1 aliphatic rings. The van der Waals surface area contributed by atoms with Crippen LogP contribution in [-0.4, -0.2) is 28.2 Å². The summed E-state index contributed by atoms with van der Waals surface area (Å²) in [5, 5.41) is 7.49. The van der Waals surface area contributed by atoms with Gasteiger partial charge < -0.3 is 9.84 Å². The van der Waals surface area contributed by atoms with Gasteiger partial charge in [0.05, 0.1) is 5.92 Å². The average Bonchev–Trinajstić information content (AvgIpc) is 2.96. The fourth-order valence-electron chi connectivity index (χ4n) is 2.95. The van der Waals surface area contributed by atoms with Gasteiger partial charge >= 0.3 is 0 Å². The highest BCUT2D eigenvalue weighted by Gasteiger charge is 2.29. The fraction of sp³-hybridized carbons (Fsp3) is 0.533. The van der Waals surface area contributed by atoms with Gasteiger partial charge in [-0.25, -0.2) is 0 Å². The summed E-state index contributed by atoms with van der Waals surface area (Å²) in [7, 11) is 2.01. The van der Waals surface area contributed by atoms with Gasteiger partial charge in [-0.2, -0.15) is 4.98 Å². The number of nitrogens with one attached hydrogen (secondary N) is 1. The minimum absolute atomic E-state index is 0.351. The van der Waals surface area contributed by atoms with Gasteiger partial charge in [-0.1, -0.05) is 24.1 Å². The maximum atomic E-state index is 5.49. The summed E-state index contributed by atoms with van der Waals surface area (Å²) in [5.74, 6) is 1.88. The van der Waals surface area contributed by atoms with Gasteiger partial charge in [-0.15, -0.1) is 0 Å². The Balaban J connectivity index is 1.73. The van der Waals surface area contributed by atoms with Crippen molar-refractivity contribution in [1.82, 2.24) is 20.4 Å². The first-order valence-corrected chi connectivity index (χ1v) is 7.25. The van der Waals surface area contributed by atoms with Crippen LogP contribution in [0.1, 0.15) is 48.9 Å². The first kappa shape index (κ1) is 13.2. The number of hydrogen-bond acceptors (Lipinski definition) is 5. The molecule has 3 rings (SSSR count). The van der Waals surface area contributed by atoms with E-state index in [1.54, 1.807) is 6.20 Å². The van der Waals surface area contributed by atoms with E-state index in [1.807, 2.05) is 25.4 Å². The molecule has 1 fully saturated rings. The van der Waals surface area contributed by atoms with Crippen molar-refractivity contribution in [3.8, 4) is 0 Å². The predicted octanol–water partition coefficient (Wildman–Crippen LogP) is 2.30. The number of aromatic nitrogens is 3. The SMILES string of the molecule is CNC1CCCCC1c1nc(Cc2cccnc2)no1. The first-order chi connectivity index (χ1) is 9.86. The smallest absolute Gasteiger partial charge is 0.231 e. The third-order valence-corrected chi connectivity index (χ3v) is 4.02. The first-order valence-electron chi connectivity index (χ1n) is 7.25. The van der Waals surface area contributed by atoms with Crippen molar-refractivity contribution in [3.63, 3.8) is 0 Å². The summed E-state index contributed by atoms with van der Waals surface area (Å²) in [6.45, 7) is 0. The lowest BCUT2D eigenvalue weighted by molar-refractivity contribution is 0.269. The van der Waals surface area contributed by atoms with E-state index in [2.05, 4.69) is 20.4 Å². The van der Waals surface area contributed by atoms with E-state index >= 15 is 0 Å². The van der Waals surface area contributed by atoms with Gasteiger partial charge in [0, 0.05) is 24.9 Å². The molecule has 0 bridgehead atoms. The second kappa shape index (κ2) is 6.13. The summed E-state index contributed by atoms with van der Waals surface area (Å²) in [6.07, 6.45) is 9.11. The van der Waals surface area contributed by atoms with Crippen LogP contribution in [-0.2, 0) is 6.42 Å². The van der Waals surface area contributed by atoms with E-state index in [4.69, 9.17) is 4.52 Å². The zero-order valence-corrected chi connectivity index (χ0v) is 11.7. The van der Waals surface area contributed by atoms with E-state index in [9.17, 15) is 0 Å². The number of hydrogen-bond donors (Lipinski definition) is 1.